The second-order valence-corrected chi connectivity index (χ2v) is 5.95. The quantitative estimate of drug-likeness (QED) is 0.530. The Morgan fingerprint density at radius 2 is 2.00 bits per heavy atom. The van der Waals surface area contributed by atoms with Gasteiger partial charge in [-0.1, -0.05) is 46.1 Å². The van der Waals surface area contributed by atoms with Gasteiger partial charge in [0.2, 0.25) is 0 Å². The lowest BCUT2D eigenvalue weighted by molar-refractivity contribution is 0.146. The highest BCUT2D eigenvalue weighted by molar-refractivity contribution is 5.05. The molecule has 1 unspecified atom stereocenters. The van der Waals surface area contributed by atoms with Crippen LogP contribution < -0.4 is 5.56 Å². The zero-order valence-electron chi connectivity index (χ0n) is 13.7. The highest BCUT2D eigenvalue weighted by Gasteiger charge is 2.11. The van der Waals surface area contributed by atoms with Crippen molar-refractivity contribution in [1.82, 2.24) is 9.63 Å². The molecule has 0 saturated carbocycles. The average molecular weight is 294 g/mol. The first-order chi connectivity index (χ1) is 10.1. The van der Waals surface area contributed by atoms with Gasteiger partial charge in [0.1, 0.15) is 0 Å². The number of aromatic nitrogens is 1. The molecule has 0 aliphatic heterocycles. The summed E-state index contributed by atoms with van der Waals surface area (Å²) in [5.41, 5.74) is 0.311. The molecule has 4 heteroatoms. The summed E-state index contributed by atoms with van der Waals surface area (Å²) in [5, 5.41) is 9.82. The van der Waals surface area contributed by atoms with Crippen LogP contribution in [0.1, 0.15) is 58.6 Å². The Bertz CT molecular complexity index is 456. The molecule has 0 radical (unpaired) electrons. The van der Waals surface area contributed by atoms with E-state index in [0.29, 0.717) is 18.2 Å². The van der Waals surface area contributed by atoms with Crippen LogP contribution in [0.3, 0.4) is 0 Å². The molecule has 1 aromatic rings. The number of nitrogens with zero attached hydrogens (tertiary/aromatic N) is 2. The van der Waals surface area contributed by atoms with Crippen molar-refractivity contribution in [1.29, 1.82) is 0 Å². The average Bonchev–Trinajstić information content (AvgIpc) is 2.48. The monoisotopic (exact) mass is 294 g/mol. The van der Waals surface area contributed by atoms with Crippen LogP contribution in [0.15, 0.2) is 23.0 Å². The van der Waals surface area contributed by atoms with Crippen LogP contribution in [-0.2, 0) is 6.54 Å². The zero-order chi connectivity index (χ0) is 15.7. The second kappa shape index (κ2) is 9.61. The van der Waals surface area contributed by atoms with Crippen molar-refractivity contribution in [2.75, 3.05) is 13.1 Å². The van der Waals surface area contributed by atoms with E-state index in [-0.39, 0.29) is 5.56 Å². The topological polar surface area (TPSA) is 45.5 Å². The van der Waals surface area contributed by atoms with Crippen LogP contribution in [0.5, 0.6) is 0 Å². The molecule has 1 atom stereocenters. The van der Waals surface area contributed by atoms with Gasteiger partial charge in [0, 0.05) is 12.6 Å². The second-order valence-electron chi connectivity index (χ2n) is 5.95. The summed E-state index contributed by atoms with van der Waals surface area (Å²) >= 11 is 0. The Labute approximate surface area is 128 Å². The fourth-order valence-electron chi connectivity index (χ4n) is 2.34. The Morgan fingerprint density at radius 3 is 2.67 bits per heavy atom. The molecule has 4 nitrogen and oxygen atoms in total. The van der Waals surface area contributed by atoms with E-state index in [1.165, 1.54) is 31.7 Å². The molecule has 1 aromatic heterocycles. The molecule has 0 saturated heterocycles. The molecule has 0 aliphatic rings. The van der Waals surface area contributed by atoms with Crippen molar-refractivity contribution < 1.29 is 5.21 Å². The summed E-state index contributed by atoms with van der Waals surface area (Å²) in [5.74, 6) is 0.714. The maximum atomic E-state index is 11.5. The summed E-state index contributed by atoms with van der Waals surface area (Å²) in [6.07, 6.45) is 5.94. The van der Waals surface area contributed by atoms with Crippen molar-refractivity contribution in [3.63, 3.8) is 0 Å². The summed E-state index contributed by atoms with van der Waals surface area (Å²) in [4.78, 5) is 13.8. The molecular formula is C17H30N2O2. The number of hydrogen-bond donors (Lipinski definition) is 1. The van der Waals surface area contributed by atoms with E-state index in [9.17, 15) is 10.0 Å². The molecule has 0 amide bonds. The van der Waals surface area contributed by atoms with E-state index in [1.807, 2.05) is 6.07 Å². The first-order valence-electron chi connectivity index (χ1n) is 8.21. The number of pyridine rings is 1. The van der Waals surface area contributed by atoms with Crippen molar-refractivity contribution >= 4 is 0 Å². The van der Waals surface area contributed by atoms with Gasteiger partial charge in [0.05, 0.1) is 5.69 Å². The van der Waals surface area contributed by atoms with Gasteiger partial charge in [-0.2, -0.15) is 4.73 Å². The van der Waals surface area contributed by atoms with Gasteiger partial charge in [0.25, 0.3) is 5.56 Å². The highest BCUT2D eigenvalue weighted by atomic mass is 16.5. The van der Waals surface area contributed by atoms with Gasteiger partial charge in [-0.05, 0) is 37.9 Å². The zero-order valence-corrected chi connectivity index (χ0v) is 13.7. The summed E-state index contributed by atoms with van der Waals surface area (Å²) < 4.78 is 0.774. The molecule has 1 rings (SSSR count). The van der Waals surface area contributed by atoms with Crippen molar-refractivity contribution in [3.8, 4) is 0 Å². The van der Waals surface area contributed by atoms with Crippen molar-refractivity contribution in [2.24, 2.45) is 5.92 Å². The molecule has 0 fully saturated rings. The van der Waals surface area contributed by atoms with Gasteiger partial charge in [-0.25, -0.2) is 0 Å². The van der Waals surface area contributed by atoms with E-state index in [2.05, 4.69) is 25.7 Å². The number of rotatable bonds is 10. The predicted octanol–water partition coefficient (Wildman–Crippen LogP) is 3.51. The largest absolute Gasteiger partial charge is 0.425 e. The predicted molar refractivity (Wildman–Crippen MR) is 86.8 cm³/mol. The lowest BCUT2D eigenvalue weighted by atomic mass is 10.0. The Hall–Kier alpha value is -1.29. The molecule has 1 heterocycles. The molecular weight excluding hydrogens is 264 g/mol. The minimum Gasteiger partial charge on any atom is -0.425 e. The normalized spacial score (nSPS) is 12.8. The Balaban J connectivity index is 2.66. The summed E-state index contributed by atoms with van der Waals surface area (Å²) in [6, 6.07) is 4.91. The standard InChI is InChI=1S/C17H30N2O2/c1-4-6-7-12-18(13-11-15(3)5-2)14-16-9-8-10-17(20)19(16)21/h8-10,15,21H,4-7,11-14H2,1-3H3. The third-order valence-electron chi connectivity index (χ3n) is 4.11. The molecule has 0 aliphatic carbocycles. The lowest BCUT2D eigenvalue weighted by Gasteiger charge is -2.24. The maximum Gasteiger partial charge on any atom is 0.283 e. The maximum absolute atomic E-state index is 11.5. The van der Waals surface area contributed by atoms with Gasteiger partial charge < -0.3 is 5.21 Å². The van der Waals surface area contributed by atoms with Crippen molar-refractivity contribution in [3.05, 3.63) is 34.2 Å². The molecule has 0 bridgehead atoms. The Kier molecular flexibility index (Phi) is 8.13. The summed E-state index contributed by atoms with van der Waals surface area (Å²) in [7, 11) is 0. The highest BCUT2D eigenvalue weighted by Crippen LogP contribution is 2.11. The first kappa shape index (κ1) is 17.8. The first-order valence-corrected chi connectivity index (χ1v) is 8.21. The van der Waals surface area contributed by atoms with Crippen LogP contribution in [0.2, 0.25) is 0 Å². The summed E-state index contributed by atoms with van der Waals surface area (Å²) in [6.45, 7) is 9.36. The van der Waals surface area contributed by atoms with Crippen molar-refractivity contribution in [2.45, 2.75) is 59.4 Å². The molecule has 1 N–H and O–H groups in total. The fourth-order valence-corrected chi connectivity index (χ4v) is 2.34. The van der Waals surface area contributed by atoms with Gasteiger partial charge >= 0.3 is 0 Å². The SMILES string of the molecule is CCCCCN(CCC(C)CC)Cc1cccc(=O)n1O. The van der Waals surface area contributed by atoms with E-state index in [1.54, 1.807) is 6.07 Å². The molecule has 120 valence electrons. The van der Waals surface area contributed by atoms with E-state index < -0.39 is 0 Å². The van der Waals surface area contributed by atoms with Crippen LogP contribution in [-0.4, -0.2) is 27.9 Å². The number of unbranched alkanes of at least 4 members (excludes halogenated alkanes) is 2. The van der Waals surface area contributed by atoms with Crippen LogP contribution in [0, 0.1) is 5.92 Å². The van der Waals surface area contributed by atoms with E-state index >= 15 is 0 Å². The third-order valence-corrected chi connectivity index (χ3v) is 4.11. The third kappa shape index (κ3) is 6.34. The van der Waals surface area contributed by atoms with Crippen LogP contribution in [0.4, 0.5) is 0 Å². The molecule has 0 aromatic carbocycles. The van der Waals surface area contributed by atoms with Gasteiger partial charge in [0.15, 0.2) is 0 Å². The van der Waals surface area contributed by atoms with E-state index in [0.717, 1.165) is 24.2 Å². The smallest absolute Gasteiger partial charge is 0.283 e. The fraction of sp³-hybridized carbons (Fsp3) is 0.706. The minimum atomic E-state index is -0.358. The Morgan fingerprint density at radius 1 is 1.24 bits per heavy atom. The molecule has 21 heavy (non-hydrogen) atoms. The van der Waals surface area contributed by atoms with Crippen LogP contribution in [0.25, 0.3) is 0 Å². The molecule has 0 spiro atoms. The van der Waals surface area contributed by atoms with Gasteiger partial charge in [-0.15, -0.1) is 0 Å². The minimum absolute atomic E-state index is 0.358. The van der Waals surface area contributed by atoms with Gasteiger partial charge in [-0.3, -0.25) is 9.69 Å². The van der Waals surface area contributed by atoms with Crippen LogP contribution >= 0.6 is 0 Å². The lowest BCUT2D eigenvalue weighted by Crippen LogP contribution is -2.30. The number of hydrogen-bond acceptors (Lipinski definition) is 3. The van der Waals surface area contributed by atoms with E-state index in [4.69, 9.17) is 0 Å².